The maximum Gasteiger partial charge on any atom is 0.204 e. The van der Waals surface area contributed by atoms with Crippen LogP contribution in [0, 0.1) is 0 Å². The highest BCUT2D eigenvalue weighted by Crippen LogP contribution is 2.36. The van der Waals surface area contributed by atoms with Crippen molar-refractivity contribution in [3.05, 3.63) is 22.7 Å². The number of para-hydroxylation sites is 1. The van der Waals surface area contributed by atoms with E-state index in [1.807, 2.05) is 0 Å². The number of fused-ring (bicyclic) bond motifs is 1. The number of imidazole rings is 1. The van der Waals surface area contributed by atoms with Gasteiger partial charge in [0.1, 0.15) is 5.52 Å². The predicted molar refractivity (Wildman–Crippen MR) is 100 cm³/mol. The number of aromatic nitrogens is 2. The molecule has 3 nitrogen and oxygen atoms in total. The maximum atomic E-state index is 4.99. The summed E-state index contributed by atoms with van der Waals surface area (Å²) in [6, 6.07) is 7.67. The van der Waals surface area contributed by atoms with Crippen LogP contribution in [0.25, 0.3) is 11.0 Å². The average molecular weight is 376 g/mol. The number of hydrogen-bond acceptors (Lipinski definition) is 2. The number of benzene rings is 1. The summed E-state index contributed by atoms with van der Waals surface area (Å²) in [4.78, 5) is 4.99. The molecule has 2 aliphatic carbocycles. The van der Waals surface area contributed by atoms with Crippen LogP contribution >= 0.6 is 15.9 Å². The third-order valence-electron chi connectivity index (χ3n) is 5.55. The predicted octanol–water partition coefficient (Wildman–Crippen LogP) is 6.05. The molecule has 23 heavy (non-hydrogen) atoms. The van der Waals surface area contributed by atoms with Crippen molar-refractivity contribution in [1.29, 1.82) is 0 Å². The van der Waals surface area contributed by atoms with E-state index in [9.17, 15) is 0 Å². The Labute approximate surface area is 147 Å². The third kappa shape index (κ3) is 3.15. The van der Waals surface area contributed by atoms with Crippen molar-refractivity contribution in [3.8, 4) is 0 Å². The normalized spacial score (nSPS) is 20.9. The summed E-state index contributed by atoms with van der Waals surface area (Å²) in [7, 11) is 0. The summed E-state index contributed by atoms with van der Waals surface area (Å²) in [5.41, 5.74) is 2.39. The van der Waals surface area contributed by atoms with Crippen LogP contribution in [0.2, 0.25) is 0 Å². The van der Waals surface area contributed by atoms with Gasteiger partial charge in [-0.15, -0.1) is 0 Å². The van der Waals surface area contributed by atoms with Gasteiger partial charge >= 0.3 is 0 Å². The van der Waals surface area contributed by atoms with Crippen LogP contribution in [-0.2, 0) is 0 Å². The van der Waals surface area contributed by atoms with E-state index in [0.29, 0.717) is 12.1 Å². The first-order valence-electron chi connectivity index (χ1n) is 9.26. The summed E-state index contributed by atoms with van der Waals surface area (Å²) in [6.45, 7) is 0. The smallest absolute Gasteiger partial charge is 0.204 e. The molecule has 0 saturated heterocycles. The van der Waals surface area contributed by atoms with Crippen LogP contribution in [-0.4, -0.2) is 15.6 Å². The highest BCUT2D eigenvalue weighted by atomic mass is 79.9. The molecule has 1 N–H and O–H groups in total. The Bertz CT molecular complexity index is 667. The summed E-state index contributed by atoms with van der Waals surface area (Å²) in [5, 5.41) is 3.79. The molecule has 0 unspecified atom stereocenters. The lowest BCUT2D eigenvalue weighted by atomic mass is 9.94. The molecule has 0 amide bonds. The van der Waals surface area contributed by atoms with Gasteiger partial charge in [0.2, 0.25) is 5.95 Å². The van der Waals surface area contributed by atoms with E-state index >= 15 is 0 Å². The average Bonchev–Trinajstić information content (AvgIpc) is 2.96. The maximum absolute atomic E-state index is 4.99. The Balaban J connectivity index is 1.73. The molecule has 0 spiro atoms. The van der Waals surface area contributed by atoms with Gasteiger partial charge in [0, 0.05) is 16.6 Å². The summed E-state index contributed by atoms with van der Waals surface area (Å²) in [6.07, 6.45) is 13.3. The Kier molecular flexibility index (Phi) is 4.61. The zero-order valence-corrected chi connectivity index (χ0v) is 15.3. The summed E-state index contributed by atoms with van der Waals surface area (Å²) in [5.74, 6) is 1.10. The molecular weight excluding hydrogens is 350 g/mol. The Morgan fingerprint density at radius 2 is 1.65 bits per heavy atom. The molecule has 2 aliphatic rings. The van der Waals surface area contributed by atoms with E-state index in [4.69, 9.17) is 4.98 Å². The third-order valence-corrected chi connectivity index (χ3v) is 6.19. The van der Waals surface area contributed by atoms with Gasteiger partial charge in [-0.25, -0.2) is 4.98 Å². The van der Waals surface area contributed by atoms with Gasteiger partial charge < -0.3 is 9.88 Å². The van der Waals surface area contributed by atoms with Gasteiger partial charge in [0.25, 0.3) is 0 Å². The van der Waals surface area contributed by atoms with Gasteiger partial charge in [-0.05, 0) is 53.7 Å². The fourth-order valence-corrected chi connectivity index (χ4v) is 4.77. The first-order valence-corrected chi connectivity index (χ1v) is 10.1. The highest BCUT2D eigenvalue weighted by molar-refractivity contribution is 9.10. The van der Waals surface area contributed by atoms with E-state index < -0.39 is 0 Å². The van der Waals surface area contributed by atoms with E-state index in [0.717, 1.165) is 15.9 Å². The number of halogens is 1. The standard InChI is InChI=1S/C19H26BrN3/c20-16-12-7-13-17-18(16)22-19(21-14-8-3-1-4-9-14)23(17)15-10-5-2-6-11-15/h7,12-15H,1-6,8-11H2,(H,21,22). The van der Waals surface area contributed by atoms with Gasteiger partial charge in [0.05, 0.1) is 5.52 Å². The SMILES string of the molecule is Brc1cccc2c1nc(NC1CCCCC1)n2C1CCCCC1. The van der Waals surface area contributed by atoms with Crippen LogP contribution in [0.1, 0.15) is 70.3 Å². The second-order valence-electron chi connectivity index (χ2n) is 7.18. The first-order chi connectivity index (χ1) is 11.3. The fraction of sp³-hybridized carbons (Fsp3) is 0.632. The molecule has 0 atom stereocenters. The lowest BCUT2D eigenvalue weighted by Crippen LogP contribution is -2.25. The lowest BCUT2D eigenvalue weighted by Gasteiger charge is -2.28. The zero-order chi connectivity index (χ0) is 15.6. The number of hydrogen-bond donors (Lipinski definition) is 1. The van der Waals surface area contributed by atoms with Crippen LogP contribution in [0.15, 0.2) is 22.7 Å². The molecule has 0 radical (unpaired) electrons. The van der Waals surface area contributed by atoms with E-state index in [1.54, 1.807) is 0 Å². The molecule has 0 bridgehead atoms. The molecule has 0 aliphatic heterocycles. The molecule has 4 rings (SSSR count). The quantitative estimate of drug-likeness (QED) is 0.707. The largest absolute Gasteiger partial charge is 0.353 e. The van der Waals surface area contributed by atoms with Gasteiger partial charge in [-0.1, -0.05) is 44.6 Å². The molecule has 1 heterocycles. The van der Waals surface area contributed by atoms with Crippen molar-refractivity contribution in [2.75, 3.05) is 5.32 Å². The molecule has 2 aromatic rings. The number of rotatable bonds is 3. The van der Waals surface area contributed by atoms with Crippen molar-refractivity contribution < 1.29 is 0 Å². The van der Waals surface area contributed by atoms with Crippen LogP contribution in [0.3, 0.4) is 0 Å². The topological polar surface area (TPSA) is 29.9 Å². The van der Waals surface area contributed by atoms with Crippen molar-refractivity contribution in [2.45, 2.75) is 76.3 Å². The van der Waals surface area contributed by atoms with Crippen molar-refractivity contribution in [2.24, 2.45) is 0 Å². The van der Waals surface area contributed by atoms with Crippen LogP contribution < -0.4 is 5.32 Å². The molecule has 4 heteroatoms. The van der Waals surface area contributed by atoms with Crippen molar-refractivity contribution in [1.82, 2.24) is 9.55 Å². The van der Waals surface area contributed by atoms with Crippen LogP contribution in [0.4, 0.5) is 5.95 Å². The van der Waals surface area contributed by atoms with Crippen molar-refractivity contribution in [3.63, 3.8) is 0 Å². The van der Waals surface area contributed by atoms with E-state index in [1.165, 1.54) is 69.7 Å². The van der Waals surface area contributed by atoms with E-state index in [-0.39, 0.29) is 0 Å². The van der Waals surface area contributed by atoms with E-state index in [2.05, 4.69) is 44.0 Å². The lowest BCUT2D eigenvalue weighted by molar-refractivity contribution is 0.360. The van der Waals surface area contributed by atoms with Crippen LogP contribution in [0.5, 0.6) is 0 Å². The van der Waals surface area contributed by atoms with Gasteiger partial charge in [-0.2, -0.15) is 0 Å². The highest BCUT2D eigenvalue weighted by Gasteiger charge is 2.24. The van der Waals surface area contributed by atoms with Gasteiger partial charge in [0.15, 0.2) is 0 Å². The van der Waals surface area contributed by atoms with Crippen molar-refractivity contribution >= 4 is 32.9 Å². The molecule has 2 fully saturated rings. The minimum atomic E-state index is 0.599. The second-order valence-corrected chi connectivity index (χ2v) is 8.04. The second kappa shape index (κ2) is 6.84. The Hall–Kier alpha value is -1.03. The number of anilines is 1. The Morgan fingerprint density at radius 3 is 2.39 bits per heavy atom. The minimum Gasteiger partial charge on any atom is -0.353 e. The molecule has 2 saturated carbocycles. The molecular formula is C19H26BrN3. The molecule has 1 aromatic heterocycles. The Morgan fingerprint density at radius 1 is 0.957 bits per heavy atom. The summed E-state index contributed by atoms with van der Waals surface area (Å²) >= 11 is 3.69. The first kappa shape index (κ1) is 15.5. The fourth-order valence-electron chi connectivity index (χ4n) is 4.32. The summed E-state index contributed by atoms with van der Waals surface area (Å²) < 4.78 is 3.62. The number of nitrogens with one attached hydrogen (secondary N) is 1. The molecule has 124 valence electrons. The number of nitrogens with zero attached hydrogens (tertiary/aromatic N) is 2. The van der Waals surface area contributed by atoms with Gasteiger partial charge in [-0.3, -0.25) is 0 Å². The monoisotopic (exact) mass is 375 g/mol. The zero-order valence-electron chi connectivity index (χ0n) is 13.7. The molecule has 1 aromatic carbocycles. The minimum absolute atomic E-state index is 0.599.